The van der Waals surface area contributed by atoms with Gasteiger partial charge in [-0.15, -0.1) is 12.6 Å². The minimum atomic E-state index is 0.626. The smallest absolute Gasteiger partial charge is 0.167 e. The monoisotopic (exact) mass is 298 g/mol. The lowest BCUT2D eigenvalue weighted by molar-refractivity contribution is 0.0578. The van der Waals surface area contributed by atoms with Gasteiger partial charge in [0, 0.05) is 5.41 Å². The third-order valence-corrected chi connectivity index (χ3v) is 3.96. The van der Waals surface area contributed by atoms with E-state index >= 15 is 0 Å². The molecule has 20 heavy (non-hydrogen) atoms. The van der Waals surface area contributed by atoms with E-state index in [4.69, 9.17) is 9.47 Å². The highest BCUT2D eigenvalue weighted by atomic mass is 32.1. The Balaban J connectivity index is 2.17. The molecule has 1 saturated heterocycles. The van der Waals surface area contributed by atoms with Crippen LogP contribution in [0.25, 0.3) is 0 Å². The summed E-state index contributed by atoms with van der Waals surface area (Å²) in [5.74, 6) is 1.70. The average molecular weight is 298 g/mol. The lowest BCUT2D eigenvalue weighted by Gasteiger charge is -2.22. The second kappa shape index (κ2) is 11.1. The van der Waals surface area contributed by atoms with Crippen LogP contribution < -0.4 is 0 Å². The Labute approximate surface area is 130 Å². The van der Waals surface area contributed by atoms with Crippen molar-refractivity contribution < 1.29 is 9.47 Å². The number of unbranched alkanes of at least 4 members (excludes halogenated alkanes) is 7. The number of ether oxygens (including phenoxy) is 2. The fourth-order valence-corrected chi connectivity index (χ4v) is 2.69. The summed E-state index contributed by atoms with van der Waals surface area (Å²) < 4.78 is 11.2. The van der Waals surface area contributed by atoms with Gasteiger partial charge in [0.1, 0.15) is 13.2 Å². The molecule has 0 aromatic rings. The molecule has 1 heterocycles. The van der Waals surface area contributed by atoms with Crippen LogP contribution in [0.1, 0.15) is 71.6 Å². The van der Waals surface area contributed by atoms with Gasteiger partial charge in [0.25, 0.3) is 0 Å². The lowest BCUT2D eigenvalue weighted by Crippen LogP contribution is -2.15. The first-order chi connectivity index (χ1) is 9.79. The van der Waals surface area contributed by atoms with Crippen molar-refractivity contribution >= 4 is 12.6 Å². The van der Waals surface area contributed by atoms with Crippen LogP contribution in [0, 0.1) is 0 Å². The zero-order valence-corrected chi connectivity index (χ0v) is 14.0. The van der Waals surface area contributed by atoms with Gasteiger partial charge in [-0.1, -0.05) is 51.9 Å². The van der Waals surface area contributed by atoms with Crippen LogP contribution in [0.15, 0.2) is 22.5 Å². The molecule has 0 amide bonds. The molecule has 1 rings (SSSR count). The first-order valence-corrected chi connectivity index (χ1v) is 8.61. The maximum absolute atomic E-state index is 5.70. The highest BCUT2D eigenvalue weighted by molar-refractivity contribution is 7.83. The van der Waals surface area contributed by atoms with E-state index in [1.807, 2.05) is 0 Å². The quantitative estimate of drug-likeness (QED) is 0.440. The second-order valence-electron chi connectivity index (χ2n) is 5.52. The molecule has 0 aliphatic carbocycles. The van der Waals surface area contributed by atoms with Crippen molar-refractivity contribution in [1.82, 2.24) is 0 Å². The molecule has 116 valence electrons. The molecule has 0 radical (unpaired) electrons. The van der Waals surface area contributed by atoms with Gasteiger partial charge >= 0.3 is 0 Å². The maximum Gasteiger partial charge on any atom is 0.167 e. The van der Waals surface area contributed by atoms with E-state index in [2.05, 4.69) is 26.5 Å². The van der Waals surface area contributed by atoms with Crippen molar-refractivity contribution in [2.24, 2.45) is 0 Å². The van der Waals surface area contributed by atoms with Gasteiger partial charge in [0.2, 0.25) is 0 Å². The standard InChI is InChI=1S/C17H30O2S/c1-3-4-5-6-7-8-9-10-11-15(2)17-16(14-20)18-12-13-19-17/h14,20H,3-13H2,1-2H3/b16-14+,17-15-. The summed E-state index contributed by atoms with van der Waals surface area (Å²) in [7, 11) is 0. The molecular formula is C17H30O2S. The molecule has 2 nitrogen and oxygen atoms in total. The SMILES string of the molecule is CCCCCCCCCC/C(C)=C1\OCCO\C1=C\S. The molecule has 0 aromatic heterocycles. The molecule has 1 fully saturated rings. The van der Waals surface area contributed by atoms with Gasteiger partial charge < -0.3 is 9.47 Å². The molecule has 0 saturated carbocycles. The van der Waals surface area contributed by atoms with Crippen LogP contribution in [0.2, 0.25) is 0 Å². The van der Waals surface area contributed by atoms with E-state index in [0.717, 1.165) is 17.9 Å². The predicted molar refractivity (Wildman–Crippen MR) is 88.9 cm³/mol. The van der Waals surface area contributed by atoms with E-state index in [9.17, 15) is 0 Å². The van der Waals surface area contributed by atoms with Crippen LogP contribution in [0.4, 0.5) is 0 Å². The molecule has 0 aromatic carbocycles. The highest BCUT2D eigenvalue weighted by Crippen LogP contribution is 2.25. The summed E-state index contributed by atoms with van der Waals surface area (Å²) >= 11 is 4.18. The third kappa shape index (κ3) is 6.74. The van der Waals surface area contributed by atoms with Crippen LogP contribution in [0.5, 0.6) is 0 Å². The number of rotatable bonds is 9. The first-order valence-electron chi connectivity index (χ1n) is 8.09. The largest absolute Gasteiger partial charge is 0.486 e. The van der Waals surface area contributed by atoms with Crippen molar-refractivity contribution in [3.63, 3.8) is 0 Å². The minimum Gasteiger partial charge on any atom is -0.486 e. The number of hydrogen-bond donors (Lipinski definition) is 1. The Morgan fingerprint density at radius 1 is 1.00 bits per heavy atom. The van der Waals surface area contributed by atoms with Crippen molar-refractivity contribution in [3.05, 3.63) is 22.5 Å². The molecule has 1 aliphatic rings. The molecular weight excluding hydrogens is 268 g/mol. The Kier molecular flexibility index (Phi) is 9.73. The average Bonchev–Trinajstić information content (AvgIpc) is 2.49. The Morgan fingerprint density at radius 2 is 1.60 bits per heavy atom. The Bertz CT molecular complexity index is 321. The first kappa shape index (κ1) is 17.5. The third-order valence-electron chi connectivity index (χ3n) is 3.72. The zero-order chi connectivity index (χ0) is 14.6. The predicted octanol–water partition coefficient (Wildman–Crippen LogP) is 5.61. The zero-order valence-electron chi connectivity index (χ0n) is 13.1. The maximum atomic E-state index is 5.70. The summed E-state index contributed by atoms with van der Waals surface area (Å²) in [5, 5.41) is 1.70. The van der Waals surface area contributed by atoms with E-state index in [1.54, 1.807) is 5.41 Å². The molecule has 0 bridgehead atoms. The van der Waals surface area contributed by atoms with Crippen molar-refractivity contribution in [2.75, 3.05) is 13.2 Å². The molecule has 1 aliphatic heterocycles. The highest BCUT2D eigenvalue weighted by Gasteiger charge is 2.16. The summed E-state index contributed by atoms with van der Waals surface area (Å²) in [6.45, 7) is 5.68. The van der Waals surface area contributed by atoms with Crippen LogP contribution >= 0.6 is 12.6 Å². The summed E-state index contributed by atoms with van der Waals surface area (Å²) in [6, 6.07) is 0. The molecule has 0 atom stereocenters. The fourth-order valence-electron chi connectivity index (χ4n) is 2.50. The molecule has 3 heteroatoms. The van der Waals surface area contributed by atoms with Crippen LogP contribution in [-0.4, -0.2) is 13.2 Å². The minimum absolute atomic E-state index is 0.626. The van der Waals surface area contributed by atoms with Crippen molar-refractivity contribution in [1.29, 1.82) is 0 Å². The van der Waals surface area contributed by atoms with Gasteiger partial charge in [0.05, 0.1) is 0 Å². The Hall–Kier alpha value is -0.570. The van der Waals surface area contributed by atoms with Crippen molar-refractivity contribution in [3.8, 4) is 0 Å². The normalized spacial score (nSPS) is 19.6. The summed E-state index contributed by atoms with van der Waals surface area (Å²) in [4.78, 5) is 0. The fraction of sp³-hybridized carbons (Fsp3) is 0.765. The summed E-state index contributed by atoms with van der Waals surface area (Å²) in [5.41, 5.74) is 1.29. The number of thiol groups is 1. The van der Waals surface area contributed by atoms with E-state index in [-0.39, 0.29) is 0 Å². The van der Waals surface area contributed by atoms with Gasteiger partial charge in [-0.05, 0) is 25.3 Å². The van der Waals surface area contributed by atoms with Gasteiger partial charge in [-0.3, -0.25) is 0 Å². The van der Waals surface area contributed by atoms with Gasteiger partial charge in [0.15, 0.2) is 11.5 Å². The Morgan fingerprint density at radius 3 is 2.25 bits per heavy atom. The molecule has 0 unspecified atom stereocenters. The van der Waals surface area contributed by atoms with E-state index in [1.165, 1.54) is 56.9 Å². The van der Waals surface area contributed by atoms with Gasteiger partial charge in [-0.25, -0.2) is 0 Å². The van der Waals surface area contributed by atoms with Crippen LogP contribution in [0.3, 0.4) is 0 Å². The number of hydrogen-bond acceptors (Lipinski definition) is 3. The summed E-state index contributed by atoms with van der Waals surface area (Å²) in [6.07, 6.45) is 11.9. The molecule has 0 N–H and O–H groups in total. The van der Waals surface area contributed by atoms with Crippen molar-refractivity contribution in [2.45, 2.75) is 71.6 Å². The molecule has 0 spiro atoms. The number of allylic oxidation sites excluding steroid dienone is 1. The van der Waals surface area contributed by atoms with Gasteiger partial charge in [-0.2, -0.15) is 0 Å². The van der Waals surface area contributed by atoms with E-state index < -0.39 is 0 Å². The second-order valence-corrected chi connectivity index (χ2v) is 5.78. The topological polar surface area (TPSA) is 18.5 Å². The van der Waals surface area contributed by atoms with Crippen LogP contribution in [-0.2, 0) is 9.47 Å². The lowest BCUT2D eigenvalue weighted by atomic mass is 10.0. The van der Waals surface area contributed by atoms with E-state index in [0.29, 0.717) is 13.2 Å².